The quantitative estimate of drug-likeness (QED) is 0.872. The minimum atomic E-state index is -0.847. The van der Waals surface area contributed by atoms with Gasteiger partial charge in [0.1, 0.15) is 0 Å². The first-order valence-corrected chi connectivity index (χ1v) is 4.80. The van der Waals surface area contributed by atoms with Crippen LogP contribution in [0.15, 0.2) is 22.7 Å². The summed E-state index contributed by atoms with van der Waals surface area (Å²) in [5.41, 5.74) is 1.24. The molecule has 78 valence electrons. The molecule has 0 radical (unpaired) electrons. The largest absolute Gasteiger partial charge is 0.481 e. The van der Waals surface area contributed by atoms with E-state index in [0.29, 0.717) is 22.7 Å². The molecule has 1 aromatic carbocycles. The number of benzene rings is 1. The van der Waals surface area contributed by atoms with Crippen molar-refractivity contribution in [2.45, 2.75) is 12.8 Å². The van der Waals surface area contributed by atoms with Crippen molar-refractivity contribution in [1.29, 1.82) is 0 Å². The van der Waals surface area contributed by atoms with Crippen LogP contribution in [0.2, 0.25) is 5.02 Å². The number of hydrogen-bond acceptors (Lipinski definition) is 3. The second-order valence-electron chi connectivity index (χ2n) is 3.16. The Morgan fingerprint density at radius 2 is 2.33 bits per heavy atom. The number of fused-ring (bicyclic) bond motifs is 1. The second-order valence-corrected chi connectivity index (χ2v) is 3.60. The Hall–Kier alpha value is -1.55. The third-order valence-electron chi connectivity index (χ3n) is 2.08. The van der Waals surface area contributed by atoms with E-state index in [0.717, 1.165) is 5.39 Å². The summed E-state index contributed by atoms with van der Waals surface area (Å²) in [5, 5.41) is 13.8. The Bertz CT molecular complexity index is 506. The van der Waals surface area contributed by atoms with Gasteiger partial charge in [0.25, 0.3) is 0 Å². The minimum absolute atomic E-state index is 0.0459. The van der Waals surface area contributed by atoms with Crippen molar-refractivity contribution < 1.29 is 14.4 Å². The highest BCUT2D eigenvalue weighted by Crippen LogP contribution is 2.22. The average Bonchev–Trinajstić information content (AvgIpc) is 2.57. The number of rotatable bonds is 3. The molecule has 0 saturated carbocycles. The summed E-state index contributed by atoms with van der Waals surface area (Å²) in [5.74, 6) is -0.847. The molecule has 0 atom stereocenters. The van der Waals surface area contributed by atoms with E-state index in [9.17, 15) is 4.79 Å². The SMILES string of the molecule is O=C(O)CCc1noc2cc(Cl)ccc12. The van der Waals surface area contributed by atoms with Crippen LogP contribution in [0.5, 0.6) is 0 Å². The first-order chi connectivity index (χ1) is 7.16. The smallest absolute Gasteiger partial charge is 0.303 e. The van der Waals surface area contributed by atoms with E-state index >= 15 is 0 Å². The van der Waals surface area contributed by atoms with Gasteiger partial charge in [-0.15, -0.1) is 0 Å². The van der Waals surface area contributed by atoms with E-state index in [1.807, 2.05) is 0 Å². The van der Waals surface area contributed by atoms with Crippen molar-refractivity contribution in [3.8, 4) is 0 Å². The molecule has 0 fully saturated rings. The molecule has 2 rings (SSSR count). The summed E-state index contributed by atoms with van der Waals surface area (Å²) in [7, 11) is 0. The van der Waals surface area contributed by atoms with Gasteiger partial charge >= 0.3 is 5.97 Å². The summed E-state index contributed by atoms with van der Waals surface area (Å²) in [6.07, 6.45) is 0.411. The lowest BCUT2D eigenvalue weighted by atomic mass is 10.1. The zero-order valence-electron chi connectivity index (χ0n) is 7.74. The van der Waals surface area contributed by atoms with Crippen LogP contribution in [-0.2, 0) is 11.2 Å². The normalized spacial score (nSPS) is 10.7. The van der Waals surface area contributed by atoms with Crippen molar-refractivity contribution >= 4 is 28.5 Å². The van der Waals surface area contributed by atoms with Crippen LogP contribution in [0.1, 0.15) is 12.1 Å². The van der Waals surface area contributed by atoms with Crippen LogP contribution in [0.25, 0.3) is 11.0 Å². The highest BCUT2D eigenvalue weighted by Gasteiger charge is 2.09. The maximum absolute atomic E-state index is 10.4. The molecule has 0 aliphatic carbocycles. The highest BCUT2D eigenvalue weighted by atomic mass is 35.5. The Balaban J connectivity index is 2.32. The lowest BCUT2D eigenvalue weighted by Crippen LogP contribution is -1.97. The van der Waals surface area contributed by atoms with Gasteiger partial charge in [0.05, 0.1) is 12.1 Å². The number of carboxylic acid groups (broad SMARTS) is 1. The van der Waals surface area contributed by atoms with Crippen molar-refractivity contribution in [2.75, 3.05) is 0 Å². The first kappa shape index (κ1) is 9.98. The molecular formula is C10H8ClNO3. The van der Waals surface area contributed by atoms with Gasteiger partial charge in [-0.05, 0) is 12.1 Å². The summed E-state index contributed by atoms with van der Waals surface area (Å²) in [6, 6.07) is 5.17. The zero-order chi connectivity index (χ0) is 10.8. The molecule has 5 heteroatoms. The molecule has 15 heavy (non-hydrogen) atoms. The van der Waals surface area contributed by atoms with Crippen LogP contribution in [0.3, 0.4) is 0 Å². The van der Waals surface area contributed by atoms with Crippen molar-refractivity contribution in [3.63, 3.8) is 0 Å². The van der Waals surface area contributed by atoms with Crippen LogP contribution in [0.4, 0.5) is 0 Å². The standard InChI is InChI=1S/C10H8ClNO3/c11-6-1-2-7-8(3-4-10(13)14)12-15-9(7)5-6/h1-2,5H,3-4H2,(H,13,14). The minimum Gasteiger partial charge on any atom is -0.481 e. The molecule has 0 spiro atoms. The van der Waals surface area contributed by atoms with Gasteiger partial charge in [-0.25, -0.2) is 0 Å². The predicted octanol–water partition coefficient (Wildman–Crippen LogP) is 2.50. The van der Waals surface area contributed by atoms with E-state index in [2.05, 4.69) is 5.16 Å². The Morgan fingerprint density at radius 1 is 1.53 bits per heavy atom. The summed E-state index contributed by atoms with van der Waals surface area (Å²) >= 11 is 5.77. The monoisotopic (exact) mass is 225 g/mol. The number of carbonyl (C=O) groups is 1. The van der Waals surface area contributed by atoms with Gasteiger partial charge in [0, 0.05) is 22.9 Å². The van der Waals surface area contributed by atoms with Crippen LogP contribution < -0.4 is 0 Å². The van der Waals surface area contributed by atoms with Gasteiger partial charge in [0.15, 0.2) is 5.58 Å². The fraction of sp³-hybridized carbons (Fsp3) is 0.200. The predicted molar refractivity (Wildman–Crippen MR) is 55.0 cm³/mol. The maximum Gasteiger partial charge on any atom is 0.303 e. The summed E-state index contributed by atoms with van der Waals surface area (Å²) in [6.45, 7) is 0. The lowest BCUT2D eigenvalue weighted by Gasteiger charge is -1.92. The van der Waals surface area contributed by atoms with Crippen molar-refractivity contribution in [2.24, 2.45) is 0 Å². The van der Waals surface area contributed by atoms with Crippen molar-refractivity contribution in [3.05, 3.63) is 28.9 Å². The number of carboxylic acids is 1. The average molecular weight is 226 g/mol. The Kier molecular flexibility index (Phi) is 2.60. The van der Waals surface area contributed by atoms with Gasteiger partial charge in [-0.3, -0.25) is 4.79 Å². The topological polar surface area (TPSA) is 63.3 Å². The molecule has 0 aliphatic heterocycles. The first-order valence-electron chi connectivity index (χ1n) is 4.42. The van der Waals surface area contributed by atoms with E-state index in [-0.39, 0.29) is 6.42 Å². The van der Waals surface area contributed by atoms with Crippen LogP contribution >= 0.6 is 11.6 Å². The van der Waals surface area contributed by atoms with Gasteiger partial charge in [-0.1, -0.05) is 16.8 Å². The van der Waals surface area contributed by atoms with E-state index < -0.39 is 5.97 Å². The molecule has 0 bridgehead atoms. The number of aryl methyl sites for hydroxylation is 1. The fourth-order valence-electron chi connectivity index (χ4n) is 1.37. The van der Waals surface area contributed by atoms with Gasteiger partial charge in [-0.2, -0.15) is 0 Å². The summed E-state index contributed by atoms with van der Waals surface area (Å²) in [4.78, 5) is 10.4. The third kappa shape index (κ3) is 2.10. The molecule has 1 N–H and O–H groups in total. The van der Waals surface area contributed by atoms with E-state index in [1.54, 1.807) is 18.2 Å². The molecule has 0 amide bonds. The molecule has 0 saturated heterocycles. The molecule has 0 unspecified atom stereocenters. The highest BCUT2D eigenvalue weighted by molar-refractivity contribution is 6.31. The number of halogens is 1. The Morgan fingerprint density at radius 3 is 3.07 bits per heavy atom. The van der Waals surface area contributed by atoms with Gasteiger partial charge in [0.2, 0.25) is 0 Å². The van der Waals surface area contributed by atoms with E-state index in [4.69, 9.17) is 21.2 Å². The molecule has 1 aromatic heterocycles. The molecule has 4 nitrogen and oxygen atoms in total. The third-order valence-corrected chi connectivity index (χ3v) is 2.32. The molecule has 1 heterocycles. The Labute approximate surface area is 90.4 Å². The fourth-order valence-corrected chi connectivity index (χ4v) is 1.53. The van der Waals surface area contributed by atoms with Crippen molar-refractivity contribution in [1.82, 2.24) is 5.16 Å². The zero-order valence-corrected chi connectivity index (χ0v) is 8.49. The van der Waals surface area contributed by atoms with Crippen LogP contribution in [-0.4, -0.2) is 16.2 Å². The van der Waals surface area contributed by atoms with Crippen LogP contribution in [0, 0.1) is 0 Å². The summed E-state index contributed by atoms with van der Waals surface area (Å²) < 4.78 is 5.03. The molecule has 2 aromatic rings. The second kappa shape index (κ2) is 3.90. The molecule has 0 aliphatic rings. The number of hydrogen-bond donors (Lipinski definition) is 1. The lowest BCUT2D eigenvalue weighted by molar-refractivity contribution is -0.136. The number of nitrogens with zero attached hydrogens (tertiary/aromatic N) is 1. The molecular weight excluding hydrogens is 218 g/mol. The van der Waals surface area contributed by atoms with Gasteiger partial charge < -0.3 is 9.63 Å². The number of aromatic nitrogens is 1. The number of aliphatic carboxylic acids is 1. The maximum atomic E-state index is 10.4. The van der Waals surface area contributed by atoms with E-state index in [1.165, 1.54) is 0 Å².